The van der Waals surface area contributed by atoms with Crippen LogP contribution in [0.1, 0.15) is 18.4 Å². The number of alkyl halides is 1. The Hall–Kier alpha value is -1.53. The van der Waals surface area contributed by atoms with Gasteiger partial charge >= 0.3 is 0 Å². The second kappa shape index (κ2) is 6.05. The maximum Gasteiger partial charge on any atom is 0.224 e. The summed E-state index contributed by atoms with van der Waals surface area (Å²) in [6, 6.07) is 8.92. The van der Waals surface area contributed by atoms with Gasteiger partial charge in [0.25, 0.3) is 0 Å². The van der Waals surface area contributed by atoms with E-state index < -0.39 is 0 Å². The lowest BCUT2D eigenvalue weighted by Crippen LogP contribution is -2.12. The summed E-state index contributed by atoms with van der Waals surface area (Å²) in [6.45, 7) is 0. The Labute approximate surface area is 93.7 Å². The number of hydrogen-bond donors (Lipinski definition) is 1. The van der Waals surface area contributed by atoms with Gasteiger partial charge in [-0.3, -0.25) is 4.79 Å². The molecule has 0 aliphatic heterocycles. The number of hydrogen-bond acceptors (Lipinski definition) is 2. The largest absolute Gasteiger partial charge is 0.325 e. The molecule has 1 N–H and O–H groups in total. The van der Waals surface area contributed by atoms with Crippen LogP contribution in [0, 0.1) is 11.3 Å². The highest BCUT2D eigenvalue weighted by Gasteiger charge is 2.05. The minimum absolute atomic E-state index is 0.113. The fourth-order valence-electron chi connectivity index (χ4n) is 1.13. The summed E-state index contributed by atoms with van der Waals surface area (Å²) >= 11 is 5.47. The van der Waals surface area contributed by atoms with Crippen molar-refractivity contribution in [1.29, 1.82) is 5.26 Å². The molecule has 0 heterocycles. The first-order valence-corrected chi connectivity index (χ1v) is 5.16. The van der Waals surface area contributed by atoms with Crippen molar-refractivity contribution in [3.8, 4) is 6.07 Å². The average molecular weight is 223 g/mol. The zero-order valence-electron chi connectivity index (χ0n) is 8.16. The lowest BCUT2D eigenvalue weighted by atomic mass is 10.2. The van der Waals surface area contributed by atoms with E-state index in [0.717, 1.165) is 0 Å². The summed E-state index contributed by atoms with van der Waals surface area (Å²) in [5.41, 5.74) is 1.02. The van der Waals surface area contributed by atoms with Crippen LogP contribution in [0.3, 0.4) is 0 Å². The van der Waals surface area contributed by atoms with Gasteiger partial charge in [-0.05, 0) is 18.6 Å². The molecule has 3 nitrogen and oxygen atoms in total. The van der Waals surface area contributed by atoms with Crippen molar-refractivity contribution in [3.05, 3.63) is 29.8 Å². The topological polar surface area (TPSA) is 52.9 Å². The predicted molar refractivity (Wildman–Crippen MR) is 59.7 cm³/mol. The maximum absolute atomic E-state index is 11.4. The van der Waals surface area contributed by atoms with Gasteiger partial charge in [0.1, 0.15) is 6.07 Å². The lowest BCUT2D eigenvalue weighted by molar-refractivity contribution is -0.116. The molecule has 1 aromatic carbocycles. The molecular weight excluding hydrogens is 212 g/mol. The molecule has 0 radical (unpaired) electrons. The summed E-state index contributed by atoms with van der Waals surface area (Å²) in [7, 11) is 0. The molecule has 1 amide bonds. The molecule has 0 spiro atoms. The van der Waals surface area contributed by atoms with Crippen LogP contribution in [0.25, 0.3) is 0 Å². The van der Waals surface area contributed by atoms with E-state index in [1.807, 2.05) is 6.07 Å². The van der Waals surface area contributed by atoms with E-state index in [9.17, 15) is 4.79 Å². The molecule has 1 aromatic rings. The van der Waals surface area contributed by atoms with Crippen molar-refractivity contribution in [3.63, 3.8) is 0 Å². The Balaban J connectivity index is 2.64. The summed E-state index contributed by atoms with van der Waals surface area (Å²) < 4.78 is 0. The fraction of sp³-hybridized carbons (Fsp3) is 0.273. The first-order valence-electron chi connectivity index (χ1n) is 4.63. The smallest absolute Gasteiger partial charge is 0.224 e. The summed E-state index contributed by atoms with van der Waals surface area (Å²) in [6.07, 6.45) is 1.02. The number of halogens is 1. The Bertz CT molecular complexity index is 384. The van der Waals surface area contributed by atoms with Crippen molar-refractivity contribution in [2.75, 3.05) is 11.2 Å². The van der Waals surface area contributed by atoms with Crippen LogP contribution in [-0.2, 0) is 4.79 Å². The number of nitrogens with one attached hydrogen (secondary N) is 1. The van der Waals surface area contributed by atoms with Crippen LogP contribution >= 0.6 is 11.6 Å². The quantitative estimate of drug-likeness (QED) is 0.796. The molecule has 78 valence electrons. The minimum atomic E-state index is -0.113. The van der Waals surface area contributed by atoms with E-state index in [1.54, 1.807) is 24.3 Å². The normalized spacial score (nSPS) is 9.33. The number of nitriles is 1. The highest BCUT2D eigenvalue weighted by molar-refractivity contribution is 6.18. The highest BCUT2D eigenvalue weighted by Crippen LogP contribution is 2.13. The van der Waals surface area contributed by atoms with Crippen LogP contribution < -0.4 is 5.32 Å². The fourth-order valence-corrected chi connectivity index (χ4v) is 1.26. The van der Waals surface area contributed by atoms with E-state index in [4.69, 9.17) is 16.9 Å². The third kappa shape index (κ3) is 3.61. The molecule has 0 aliphatic rings. The molecule has 0 saturated heterocycles. The van der Waals surface area contributed by atoms with Gasteiger partial charge in [-0.25, -0.2) is 0 Å². The molecule has 1 rings (SSSR count). The van der Waals surface area contributed by atoms with E-state index in [2.05, 4.69) is 5.32 Å². The number of nitrogens with zero attached hydrogens (tertiary/aromatic N) is 1. The van der Waals surface area contributed by atoms with Crippen LogP contribution in [0.15, 0.2) is 24.3 Å². The molecule has 0 atom stereocenters. The summed E-state index contributed by atoms with van der Waals surface area (Å²) in [5, 5.41) is 11.5. The zero-order valence-corrected chi connectivity index (χ0v) is 8.92. The lowest BCUT2D eigenvalue weighted by Gasteiger charge is -2.05. The van der Waals surface area contributed by atoms with Gasteiger partial charge in [0, 0.05) is 12.3 Å². The monoisotopic (exact) mass is 222 g/mol. The van der Waals surface area contributed by atoms with Gasteiger partial charge in [0.2, 0.25) is 5.91 Å². The van der Waals surface area contributed by atoms with E-state index in [-0.39, 0.29) is 5.91 Å². The molecule has 0 bridgehead atoms. The standard InChI is InChI=1S/C11H11ClN2O/c12-7-3-6-11(15)14-10-5-2-1-4-9(10)8-13/h1-2,4-5H,3,6-7H2,(H,14,15). The SMILES string of the molecule is N#Cc1ccccc1NC(=O)CCCCl. The zero-order chi connectivity index (χ0) is 11.1. The van der Waals surface area contributed by atoms with Crippen molar-refractivity contribution in [2.45, 2.75) is 12.8 Å². The van der Waals surface area contributed by atoms with Gasteiger partial charge in [0.05, 0.1) is 11.3 Å². The minimum Gasteiger partial charge on any atom is -0.325 e. The molecule has 0 saturated carbocycles. The van der Waals surface area contributed by atoms with Gasteiger partial charge in [-0.15, -0.1) is 11.6 Å². The molecule has 15 heavy (non-hydrogen) atoms. The number of para-hydroxylation sites is 1. The molecule has 0 unspecified atom stereocenters. The number of amides is 1. The maximum atomic E-state index is 11.4. The number of benzene rings is 1. The third-order valence-electron chi connectivity index (χ3n) is 1.86. The van der Waals surface area contributed by atoms with Gasteiger partial charge < -0.3 is 5.32 Å². The van der Waals surface area contributed by atoms with Crippen LogP contribution in [0.2, 0.25) is 0 Å². The van der Waals surface area contributed by atoms with Crippen LogP contribution in [0.4, 0.5) is 5.69 Å². The predicted octanol–water partition coefficient (Wildman–Crippen LogP) is 2.52. The second-order valence-electron chi connectivity index (χ2n) is 3.00. The van der Waals surface area contributed by atoms with Gasteiger partial charge in [0.15, 0.2) is 0 Å². The molecule has 0 aromatic heterocycles. The van der Waals surface area contributed by atoms with E-state index in [1.165, 1.54) is 0 Å². The molecule has 0 fully saturated rings. The second-order valence-corrected chi connectivity index (χ2v) is 3.38. The highest BCUT2D eigenvalue weighted by atomic mass is 35.5. The van der Waals surface area contributed by atoms with E-state index >= 15 is 0 Å². The van der Waals surface area contributed by atoms with Crippen molar-refractivity contribution in [2.24, 2.45) is 0 Å². The Morgan fingerprint density at radius 2 is 2.20 bits per heavy atom. The first-order chi connectivity index (χ1) is 7.27. The van der Waals surface area contributed by atoms with Crippen molar-refractivity contribution < 1.29 is 4.79 Å². The van der Waals surface area contributed by atoms with Crippen molar-refractivity contribution in [1.82, 2.24) is 0 Å². The average Bonchev–Trinajstić information content (AvgIpc) is 2.27. The van der Waals surface area contributed by atoms with Crippen LogP contribution in [-0.4, -0.2) is 11.8 Å². The Morgan fingerprint density at radius 1 is 1.47 bits per heavy atom. The van der Waals surface area contributed by atoms with Gasteiger partial charge in [-0.1, -0.05) is 12.1 Å². The van der Waals surface area contributed by atoms with E-state index in [0.29, 0.717) is 30.0 Å². The third-order valence-corrected chi connectivity index (χ3v) is 2.13. The summed E-state index contributed by atoms with van der Waals surface area (Å²) in [5.74, 6) is 0.353. The number of carbonyl (C=O) groups excluding carboxylic acids is 1. The van der Waals surface area contributed by atoms with Crippen LogP contribution in [0.5, 0.6) is 0 Å². The number of anilines is 1. The number of rotatable bonds is 4. The summed E-state index contributed by atoms with van der Waals surface area (Å²) in [4.78, 5) is 11.4. The van der Waals surface area contributed by atoms with Gasteiger partial charge in [-0.2, -0.15) is 5.26 Å². The Morgan fingerprint density at radius 3 is 2.87 bits per heavy atom. The number of carbonyl (C=O) groups is 1. The molecule has 0 aliphatic carbocycles. The first kappa shape index (κ1) is 11.5. The Kier molecular flexibility index (Phi) is 4.65. The van der Waals surface area contributed by atoms with Crippen molar-refractivity contribution >= 4 is 23.2 Å². The molecule has 4 heteroatoms. The molecular formula is C11H11ClN2O.